The molecule has 0 spiro atoms. The Bertz CT molecular complexity index is 398. The number of nitrogens with one attached hydrogen (secondary N) is 1. The Morgan fingerprint density at radius 1 is 0.679 bits per heavy atom. The van der Waals surface area contributed by atoms with Gasteiger partial charge in [0.05, 0.1) is 25.4 Å². The van der Waals surface area contributed by atoms with E-state index in [0.717, 1.165) is 0 Å². The van der Waals surface area contributed by atoms with E-state index in [-0.39, 0.29) is 19.1 Å². The molecular formula is C16H34N2O10. The Morgan fingerprint density at radius 2 is 1.07 bits per heavy atom. The van der Waals surface area contributed by atoms with E-state index in [1.807, 2.05) is 0 Å². The molecule has 12 nitrogen and oxygen atoms in total. The van der Waals surface area contributed by atoms with Gasteiger partial charge in [0.15, 0.2) is 0 Å². The maximum Gasteiger partial charge on any atom is 0.111 e. The number of nitrogens with zero attached hydrogens (tertiary/aromatic N) is 1. The number of rotatable bonds is 13. The highest BCUT2D eigenvalue weighted by Gasteiger charge is 2.36. The van der Waals surface area contributed by atoms with Crippen LogP contribution in [0.1, 0.15) is 6.42 Å². The molecule has 0 amide bonds. The summed E-state index contributed by atoms with van der Waals surface area (Å²) >= 11 is 0. The topological polar surface area (TPSA) is 218 Å². The molecule has 8 unspecified atom stereocenters. The number of aliphatic hydroxyl groups is 10. The molecule has 0 bridgehead atoms. The van der Waals surface area contributed by atoms with Crippen molar-refractivity contribution in [3.63, 3.8) is 0 Å². The van der Waals surface area contributed by atoms with Gasteiger partial charge in [-0.3, -0.25) is 4.90 Å². The van der Waals surface area contributed by atoms with Gasteiger partial charge in [-0.15, -0.1) is 0 Å². The summed E-state index contributed by atoms with van der Waals surface area (Å²) in [5, 5.41) is 99.5. The predicted octanol–water partition coefficient (Wildman–Crippen LogP) is -6.48. The second kappa shape index (κ2) is 12.3. The Kier molecular flexibility index (Phi) is 11.2. The van der Waals surface area contributed by atoms with Crippen LogP contribution in [0.4, 0.5) is 0 Å². The van der Waals surface area contributed by atoms with Crippen LogP contribution in [0.3, 0.4) is 0 Å². The first-order chi connectivity index (χ1) is 13.1. The van der Waals surface area contributed by atoms with Crippen LogP contribution >= 0.6 is 0 Å². The number of hydrogen-bond donors (Lipinski definition) is 11. The number of aliphatic hydroxyl groups excluding tert-OH is 10. The van der Waals surface area contributed by atoms with Crippen molar-refractivity contribution in [2.24, 2.45) is 0 Å². The summed E-state index contributed by atoms with van der Waals surface area (Å²) in [4.78, 5) is 1.54. The predicted molar refractivity (Wildman–Crippen MR) is 95.1 cm³/mol. The van der Waals surface area contributed by atoms with Crippen LogP contribution in [0.15, 0.2) is 0 Å². The summed E-state index contributed by atoms with van der Waals surface area (Å²) in [6.45, 7) is -0.948. The maximum atomic E-state index is 10.2. The molecule has 11 N–H and O–H groups in total. The Hall–Kier alpha value is -0.480. The molecule has 168 valence electrons. The molecule has 1 aliphatic rings. The second-order valence-corrected chi connectivity index (χ2v) is 7.20. The van der Waals surface area contributed by atoms with Crippen molar-refractivity contribution in [2.45, 2.75) is 61.3 Å². The fourth-order valence-corrected chi connectivity index (χ4v) is 3.15. The van der Waals surface area contributed by atoms with Gasteiger partial charge in [0.2, 0.25) is 0 Å². The molecular weight excluding hydrogens is 380 g/mol. The highest BCUT2D eigenvalue weighted by atomic mass is 16.4. The molecule has 0 aromatic rings. The van der Waals surface area contributed by atoms with Crippen molar-refractivity contribution in [1.82, 2.24) is 10.2 Å². The summed E-state index contributed by atoms with van der Waals surface area (Å²) in [5.74, 6) is 0. The molecule has 1 saturated heterocycles. The minimum Gasteiger partial charge on any atom is -0.394 e. The van der Waals surface area contributed by atoms with Gasteiger partial charge in [-0.05, 0) is 13.0 Å². The lowest BCUT2D eigenvalue weighted by Gasteiger charge is -2.36. The van der Waals surface area contributed by atoms with Crippen molar-refractivity contribution in [3.05, 3.63) is 0 Å². The lowest BCUT2D eigenvalue weighted by atomic mass is 10.00. The molecule has 28 heavy (non-hydrogen) atoms. The molecule has 1 aliphatic heterocycles. The second-order valence-electron chi connectivity index (χ2n) is 7.20. The van der Waals surface area contributed by atoms with Gasteiger partial charge in [0, 0.05) is 25.7 Å². The minimum absolute atomic E-state index is 0.191. The van der Waals surface area contributed by atoms with Gasteiger partial charge in [0.25, 0.3) is 0 Å². The third-order valence-corrected chi connectivity index (χ3v) is 5.04. The van der Waals surface area contributed by atoms with E-state index in [1.165, 1.54) is 4.90 Å². The van der Waals surface area contributed by atoms with Crippen LogP contribution in [0.5, 0.6) is 0 Å². The quantitative estimate of drug-likeness (QED) is 0.136. The van der Waals surface area contributed by atoms with Gasteiger partial charge in [0.1, 0.15) is 36.6 Å². The summed E-state index contributed by atoms with van der Waals surface area (Å²) in [7, 11) is 0. The van der Waals surface area contributed by atoms with Gasteiger partial charge in [-0.2, -0.15) is 0 Å². The molecule has 12 heteroatoms. The molecule has 0 aliphatic carbocycles. The molecule has 1 heterocycles. The van der Waals surface area contributed by atoms with Crippen LogP contribution in [0.25, 0.3) is 0 Å². The maximum absolute atomic E-state index is 10.2. The minimum atomic E-state index is -1.79. The fraction of sp³-hybridized carbons (Fsp3) is 1.00. The summed E-state index contributed by atoms with van der Waals surface area (Å²) in [6.07, 6.45) is -12.9. The third kappa shape index (κ3) is 7.09. The van der Waals surface area contributed by atoms with E-state index in [0.29, 0.717) is 19.5 Å². The van der Waals surface area contributed by atoms with E-state index >= 15 is 0 Å². The summed E-state index contributed by atoms with van der Waals surface area (Å²) < 4.78 is 0. The van der Waals surface area contributed by atoms with Crippen molar-refractivity contribution in [2.75, 3.05) is 39.4 Å². The smallest absolute Gasteiger partial charge is 0.111 e. The van der Waals surface area contributed by atoms with Crippen molar-refractivity contribution < 1.29 is 51.1 Å². The SMILES string of the molecule is OCC(O)C(O)C(O)C(O)CN(CC(O)C(O)C(O)C(O)CO)[C@H]1CCNC1. The monoisotopic (exact) mass is 414 g/mol. The standard InChI is InChI=1S/C16H34N2O10/c19-6-11(23)15(27)13(25)9(21)4-18(8-1-2-17-3-8)5-10(22)14(26)16(28)12(24)7-20/h8-17,19-28H,1-7H2/t8-,9?,10?,11?,12?,13?,14?,15?,16?/m0/s1. The highest BCUT2D eigenvalue weighted by Crippen LogP contribution is 2.15. The summed E-state index contributed by atoms with van der Waals surface area (Å²) in [6, 6.07) is -0.191. The highest BCUT2D eigenvalue weighted by molar-refractivity contribution is 4.90. The summed E-state index contributed by atoms with van der Waals surface area (Å²) in [5.41, 5.74) is 0. The number of hydrogen-bond acceptors (Lipinski definition) is 12. The first kappa shape index (κ1) is 25.6. The Balaban J connectivity index is 2.78. The lowest BCUT2D eigenvalue weighted by Crippen LogP contribution is -2.55. The molecule has 0 saturated carbocycles. The zero-order valence-electron chi connectivity index (χ0n) is 15.6. The van der Waals surface area contributed by atoms with Gasteiger partial charge in [-0.25, -0.2) is 0 Å². The van der Waals surface area contributed by atoms with E-state index in [2.05, 4.69) is 5.32 Å². The molecule has 0 aromatic heterocycles. The van der Waals surface area contributed by atoms with Gasteiger partial charge >= 0.3 is 0 Å². The van der Waals surface area contributed by atoms with E-state index in [4.69, 9.17) is 10.2 Å². The Morgan fingerprint density at radius 3 is 1.39 bits per heavy atom. The fourth-order valence-electron chi connectivity index (χ4n) is 3.15. The first-order valence-corrected chi connectivity index (χ1v) is 9.25. The van der Waals surface area contributed by atoms with E-state index in [9.17, 15) is 40.9 Å². The van der Waals surface area contributed by atoms with Crippen LogP contribution in [-0.2, 0) is 0 Å². The molecule has 0 radical (unpaired) electrons. The van der Waals surface area contributed by atoms with E-state index in [1.54, 1.807) is 0 Å². The van der Waals surface area contributed by atoms with Gasteiger partial charge in [-0.1, -0.05) is 0 Å². The van der Waals surface area contributed by atoms with Crippen LogP contribution in [-0.4, -0.2) is 150 Å². The Labute approximate surface area is 162 Å². The van der Waals surface area contributed by atoms with Crippen molar-refractivity contribution in [1.29, 1.82) is 0 Å². The first-order valence-electron chi connectivity index (χ1n) is 9.25. The zero-order chi connectivity index (χ0) is 21.4. The van der Waals surface area contributed by atoms with Crippen LogP contribution in [0.2, 0.25) is 0 Å². The normalized spacial score (nSPS) is 26.5. The molecule has 0 aromatic carbocycles. The van der Waals surface area contributed by atoms with Gasteiger partial charge < -0.3 is 56.4 Å². The van der Waals surface area contributed by atoms with Crippen LogP contribution < -0.4 is 5.32 Å². The van der Waals surface area contributed by atoms with Crippen LogP contribution in [0, 0.1) is 0 Å². The molecule has 1 rings (SSSR count). The van der Waals surface area contributed by atoms with Crippen molar-refractivity contribution in [3.8, 4) is 0 Å². The molecule has 1 fully saturated rings. The average molecular weight is 414 g/mol. The van der Waals surface area contributed by atoms with E-state index < -0.39 is 62.0 Å². The largest absolute Gasteiger partial charge is 0.394 e. The zero-order valence-corrected chi connectivity index (χ0v) is 15.6. The lowest BCUT2D eigenvalue weighted by molar-refractivity contribution is -0.132. The third-order valence-electron chi connectivity index (χ3n) is 5.04. The average Bonchev–Trinajstić information content (AvgIpc) is 3.24. The molecule has 9 atom stereocenters. The van der Waals surface area contributed by atoms with Crippen molar-refractivity contribution >= 4 is 0 Å².